The minimum Gasteiger partial charge on any atom is -0.488 e. The number of ether oxygens (including phenoxy) is 1. The second-order valence-electron chi connectivity index (χ2n) is 10.9. The Kier molecular flexibility index (Phi) is 7.70. The Balaban J connectivity index is 1.91. The van der Waals surface area contributed by atoms with Gasteiger partial charge in [0.15, 0.2) is 0 Å². The lowest BCUT2D eigenvalue weighted by Crippen LogP contribution is -2.22. The Morgan fingerprint density at radius 2 is 1.13 bits per heavy atom. The maximum absolute atomic E-state index is 13.9. The summed E-state index contributed by atoms with van der Waals surface area (Å²) in [4.78, 5) is 10.6. The van der Waals surface area contributed by atoms with Crippen molar-refractivity contribution in [1.29, 1.82) is 0 Å². The van der Waals surface area contributed by atoms with Gasteiger partial charge in [-0.25, -0.2) is 3.63 Å². The van der Waals surface area contributed by atoms with E-state index in [0.717, 1.165) is 5.56 Å². The van der Waals surface area contributed by atoms with E-state index in [0.29, 0.717) is 20.4 Å². The molecule has 8 heteroatoms. The molecule has 4 aromatic rings. The van der Waals surface area contributed by atoms with Crippen LogP contribution in [0.5, 0.6) is 5.75 Å². The van der Waals surface area contributed by atoms with Crippen molar-refractivity contribution in [1.82, 2.24) is 9.97 Å². The average molecular weight is 551 g/mol. The van der Waals surface area contributed by atoms with Crippen LogP contribution in [0.15, 0.2) is 117 Å². The first-order valence-corrected chi connectivity index (χ1v) is 15.3. The van der Waals surface area contributed by atoms with Gasteiger partial charge in [0.05, 0.1) is 4.90 Å². The highest BCUT2D eigenvalue weighted by molar-refractivity contribution is 8.33. The maximum Gasteiger partial charge on any atom is 0.307 e. The molecule has 0 aliphatic rings. The third-order valence-corrected chi connectivity index (χ3v) is 10.8. The number of benzene rings is 2. The van der Waals surface area contributed by atoms with E-state index < -0.39 is 20.4 Å². The third kappa shape index (κ3) is 6.09. The van der Waals surface area contributed by atoms with Gasteiger partial charge in [0.1, 0.15) is 11.4 Å². The Morgan fingerprint density at radius 3 is 1.55 bits per heavy atom. The number of hydrogen-bond acceptors (Lipinski definition) is 6. The molecular formula is C30H34N2O4S2. The highest BCUT2D eigenvalue weighted by Gasteiger charge is 2.39. The van der Waals surface area contributed by atoms with Crippen molar-refractivity contribution in [2.24, 2.45) is 0 Å². The highest BCUT2D eigenvalue weighted by atomic mass is 32.3. The first-order chi connectivity index (χ1) is 17.8. The lowest BCUT2D eigenvalue weighted by molar-refractivity contribution is 0.131. The fraction of sp³-hybridized carbons (Fsp3) is 0.267. The van der Waals surface area contributed by atoms with E-state index in [2.05, 4.69) is 30.7 Å². The van der Waals surface area contributed by atoms with Gasteiger partial charge in [-0.1, -0.05) is 32.9 Å². The van der Waals surface area contributed by atoms with Crippen LogP contribution in [0.25, 0.3) is 0 Å². The topological polar surface area (TPSA) is 78.4 Å². The van der Waals surface area contributed by atoms with E-state index in [1.807, 2.05) is 69.3 Å². The summed E-state index contributed by atoms with van der Waals surface area (Å²) in [6, 6.07) is 21.5. The van der Waals surface area contributed by atoms with Gasteiger partial charge in [-0.2, -0.15) is 8.42 Å². The van der Waals surface area contributed by atoms with E-state index in [9.17, 15) is 8.42 Å². The number of nitrogens with zero attached hydrogens (tertiary/aromatic N) is 2. The normalized spacial score (nSPS) is 13.2. The number of rotatable bonds is 7. The molecule has 6 nitrogen and oxygen atoms in total. The van der Waals surface area contributed by atoms with E-state index >= 15 is 0 Å². The second-order valence-corrected chi connectivity index (χ2v) is 15.4. The SMILES string of the molecule is CC(C)(C)Oc1ccc(S(OS(=O)(=O)c2ccc(C(C)(C)C)cc2)(c2cccnc2)c2cccnc2)cc1. The molecule has 0 N–H and O–H groups in total. The molecule has 0 saturated carbocycles. The predicted octanol–water partition coefficient (Wildman–Crippen LogP) is 7.55. The van der Waals surface area contributed by atoms with Crippen molar-refractivity contribution in [3.05, 3.63) is 103 Å². The van der Waals surface area contributed by atoms with Crippen LogP contribution in [0.2, 0.25) is 0 Å². The monoisotopic (exact) mass is 550 g/mol. The zero-order valence-electron chi connectivity index (χ0n) is 22.6. The zero-order valence-corrected chi connectivity index (χ0v) is 24.2. The molecule has 0 radical (unpaired) electrons. The van der Waals surface area contributed by atoms with Crippen LogP contribution < -0.4 is 4.74 Å². The largest absolute Gasteiger partial charge is 0.488 e. The van der Waals surface area contributed by atoms with Gasteiger partial charge >= 0.3 is 10.1 Å². The number of pyridine rings is 2. The van der Waals surface area contributed by atoms with Crippen molar-refractivity contribution in [2.45, 2.75) is 72.1 Å². The Morgan fingerprint density at radius 1 is 0.632 bits per heavy atom. The summed E-state index contributed by atoms with van der Waals surface area (Å²) >= 11 is 0. The maximum atomic E-state index is 13.9. The van der Waals surface area contributed by atoms with Crippen molar-refractivity contribution in [3.8, 4) is 5.75 Å². The van der Waals surface area contributed by atoms with Gasteiger partial charge in [-0.3, -0.25) is 9.97 Å². The van der Waals surface area contributed by atoms with Crippen LogP contribution in [0.1, 0.15) is 47.1 Å². The molecule has 0 saturated heterocycles. The van der Waals surface area contributed by atoms with Crippen molar-refractivity contribution in [2.75, 3.05) is 0 Å². The van der Waals surface area contributed by atoms with E-state index in [-0.39, 0.29) is 15.9 Å². The predicted molar refractivity (Wildman–Crippen MR) is 151 cm³/mol. The molecule has 0 amide bonds. The lowest BCUT2D eigenvalue weighted by Gasteiger charge is -2.38. The molecule has 0 aliphatic carbocycles. The molecule has 4 rings (SSSR count). The minimum absolute atomic E-state index is 0.0860. The summed E-state index contributed by atoms with van der Waals surface area (Å²) in [5.41, 5.74) is 0.543. The smallest absolute Gasteiger partial charge is 0.307 e. The van der Waals surface area contributed by atoms with Crippen LogP contribution in [0.3, 0.4) is 0 Å². The summed E-state index contributed by atoms with van der Waals surface area (Å²) in [7, 11) is -7.02. The Labute approximate surface area is 227 Å². The molecule has 2 aromatic carbocycles. The lowest BCUT2D eigenvalue weighted by atomic mass is 9.87. The summed E-state index contributed by atoms with van der Waals surface area (Å²) in [5, 5.41) is 0. The molecule has 38 heavy (non-hydrogen) atoms. The van der Waals surface area contributed by atoms with Crippen LogP contribution in [0, 0.1) is 0 Å². The quantitative estimate of drug-likeness (QED) is 0.236. The highest BCUT2D eigenvalue weighted by Crippen LogP contribution is 2.70. The van der Waals surface area contributed by atoms with Gasteiger partial charge in [-0.05, 0) is 103 Å². The first kappa shape index (κ1) is 27.8. The average Bonchev–Trinajstić information content (AvgIpc) is 2.87. The van der Waals surface area contributed by atoms with Crippen molar-refractivity contribution < 1.29 is 16.8 Å². The summed E-state index contributed by atoms with van der Waals surface area (Å²) < 4.78 is 40.2. The van der Waals surface area contributed by atoms with Gasteiger partial charge in [0.2, 0.25) is 0 Å². The number of hydrogen-bond donors (Lipinski definition) is 0. The minimum atomic E-state index is -4.21. The van der Waals surface area contributed by atoms with Crippen LogP contribution >= 0.6 is 10.3 Å². The molecule has 2 heterocycles. The van der Waals surface area contributed by atoms with Gasteiger partial charge in [0, 0.05) is 39.5 Å². The molecule has 0 spiro atoms. The molecule has 0 fully saturated rings. The number of aromatic nitrogens is 2. The molecule has 0 aliphatic heterocycles. The summed E-state index contributed by atoms with van der Waals surface area (Å²) in [6.07, 6.45) is 6.61. The molecule has 0 bridgehead atoms. The molecule has 0 atom stereocenters. The van der Waals surface area contributed by atoms with E-state index in [1.165, 1.54) is 0 Å². The first-order valence-electron chi connectivity index (χ1n) is 12.3. The van der Waals surface area contributed by atoms with Crippen LogP contribution in [-0.2, 0) is 19.2 Å². The molecule has 200 valence electrons. The molecule has 2 aromatic heterocycles. The van der Waals surface area contributed by atoms with Gasteiger partial charge in [0.25, 0.3) is 0 Å². The van der Waals surface area contributed by atoms with Gasteiger partial charge < -0.3 is 4.74 Å². The van der Waals surface area contributed by atoms with Crippen LogP contribution in [0.4, 0.5) is 0 Å². The zero-order chi connectivity index (χ0) is 27.6. The summed E-state index contributed by atoms with van der Waals surface area (Å²) in [6.45, 7) is 12.2. The molecule has 0 unspecified atom stereocenters. The van der Waals surface area contributed by atoms with Crippen molar-refractivity contribution in [3.63, 3.8) is 0 Å². The van der Waals surface area contributed by atoms with E-state index in [1.54, 1.807) is 49.1 Å². The summed E-state index contributed by atoms with van der Waals surface area (Å²) in [5.74, 6) is 0.674. The Bertz CT molecular complexity index is 1420. The van der Waals surface area contributed by atoms with Gasteiger partial charge in [-0.15, -0.1) is 0 Å². The standard InChI is InChI=1S/C30H34N2O4S2/c1-29(2,3)23-11-15-26(16-12-23)38(33,34)36-37(27-9-7-19-31-21-27,28-10-8-20-32-22-28)25-17-13-24(14-18-25)35-30(4,5)6/h7-22H,1-6H3. The second kappa shape index (κ2) is 10.5. The fourth-order valence-electron chi connectivity index (χ4n) is 3.91. The Hall–Kier alpha value is -3.20. The molecular weight excluding hydrogens is 516 g/mol. The van der Waals surface area contributed by atoms with Crippen molar-refractivity contribution >= 4 is 20.4 Å². The third-order valence-electron chi connectivity index (χ3n) is 5.71. The van der Waals surface area contributed by atoms with Crippen LogP contribution in [-0.4, -0.2) is 24.0 Å². The fourth-order valence-corrected chi connectivity index (χ4v) is 9.00. The van der Waals surface area contributed by atoms with E-state index in [4.69, 9.17) is 8.37 Å².